The number of rotatable bonds is 4. The van der Waals surface area contributed by atoms with Crippen molar-refractivity contribution in [1.29, 1.82) is 5.26 Å². The Balaban J connectivity index is 1.91. The summed E-state index contributed by atoms with van der Waals surface area (Å²) in [5.74, 6) is 0.190. The van der Waals surface area contributed by atoms with E-state index in [0.717, 1.165) is 0 Å². The minimum atomic E-state index is -4.35. The molecule has 0 aliphatic carbocycles. The minimum absolute atomic E-state index is 0.00494. The molecule has 4 aromatic rings. The second-order valence-electron chi connectivity index (χ2n) is 8.06. The van der Waals surface area contributed by atoms with E-state index in [0.29, 0.717) is 21.2 Å². The van der Waals surface area contributed by atoms with Gasteiger partial charge in [-0.1, -0.05) is 65.7 Å². The molecule has 1 aliphatic rings. The number of hydrogen-bond acceptors (Lipinski definition) is 4. The number of pyridine rings is 1. The highest BCUT2D eigenvalue weighted by atomic mass is 35.5. The van der Waals surface area contributed by atoms with Crippen LogP contribution in [0.2, 0.25) is 10.0 Å². The molecule has 9 heteroatoms. The Bertz CT molecular complexity index is 1600. The van der Waals surface area contributed by atoms with Crippen LogP contribution in [0.15, 0.2) is 101 Å². The number of benzene rings is 3. The molecule has 0 spiro atoms. The number of aromatic nitrogens is 1. The summed E-state index contributed by atoms with van der Waals surface area (Å²) >= 11 is 12.3. The van der Waals surface area contributed by atoms with Gasteiger partial charge in [-0.15, -0.1) is 0 Å². The fourth-order valence-electron chi connectivity index (χ4n) is 4.58. The Hall–Kier alpha value is -3.57. The molecule has 0 radical (unpaired) electrons. The Kier molecular flexibility index (Phi) is 5.68. The molecule has 35 heavy (non-hydrogen) atoms. The fourth-order valence-corrected chi connectivity index (χ4v) is 6.76. The second-order valence-corrected chi connectivity index (χ2v) is 10.7. The summed E-state index contributed by atoms with van der Waals surface area (Å²) in [6.45, 7) is 0.0131. The first kappa shape index (κ1) is 23.2. The third-order valence-corrected chi connectivity index (χ3v) is 8.53. The van der Waals surface area contributed by atoms with E-state index >= 15 is 0 Å². The number of halogens is 2. The van der Waals surface area contributed by atoms with Crippen LogP contribution in [-0.2, 0) is 22.1 Å². The van der Waals surface area contributed by atoms with Gasteiger partial charge >= 0.3 is 0 Å². The molecular formula is C26H17Cl2N3O3S. The summed E-state index contributed by atoms with van der Waals surface area (Å²) in [5.41, 5.74) is -0.494. The number of anilines is 1. The van der Waals surface area contributed by atoms with Crippen LogP contribution < -0.4 is 9.86 Å². The molecule has 2 heterocycles. The van der Waals surface area contributed by atoms with Crippen LogP contribution in [0.4, 0.5) is 5.82 Å². The molecule has 0 atom stereocenters. The lowest BCUT2D eigenvalue weighted by atomic mass is 9.83. The SMILES string of the molecule is N#Cc1ccccc1S(=O)(=O)N1c2cccc(=O)n2CC1(c1ccc(Cl)cc1)c1ccc(Cl)cc1. The number of fused-ring (bicyclic) bond motifs is 1. The molecule has 1 aromatic heterocycles. The molecule has 0 fully saturated rings. The zero-order valence-corrected chi connectivity index (χ0v) is 20.4. The molecule has 0 N–H and O–H groups in total. The second kappa shape index (κ2) is 8.58. The predicted molar refractivity (Wildman–Crippen MR) is 135 cm³/mol. The predicted octanol–water partition coefficient (Wildman–Crippen LogP) is 5.18. The van der Waals surface area contributed by atoms with Crippen LogP contribution in [0.5, 0.6) is 0 Å². The smallest absolute Gasteiger partial charge is 0.267 e. The highest BCUT2D eigenvalue weighted by Crippen LogP contribution is 2.48. The van der Waals surface area contributed by atoms with Gasteiger partial charge in [-0.3, -0.25) is 9.36 Å². The number of hydrogen-bond donors (Lipinski definition) is 0. The van der Waals surface area contributed by atoms with Crippen LogP contribution >= 0.6 is 23.2 Å². The van der Waals surface area contributed by atoms with E-state index in [1.807, 2.05) is 6.07 Å². The molecule has 0 saturated heterocycles. The quantitative estimate of drug-likeness (QED) is 0.370. The molecule has 0 saturated carbocycles. The highest BCUT2D eigenvalue weighted by molar-refractivity contribution is 7.93. The normalized spacial score (nSPS) is 14.4. The Morgan fingerprint density at radius 2 is 1.37 bits per heavy atom. The van der Waals surface area contributed by atoms with Crippen molar-refractivity contribution in [2.75, 3.05) is 4.31 Å². The number of nitrogens with zero attached hydrogens (tertiary/aromatic N) is 3. The standard InChI is InChI=1S/C26H17Cl2N3O3S/c27-21-12-8-19(9-13-21)26(20-10-14-22(28)15-11-20)17-30-24(6-3-7-25(30)32)31(26)35(33,34)23-5-2-1-4-18(23)16-29/h1-15H,17H2. The minimum Gasteiger partial charge on any atom is -0.291 e. The third kappa shape index (κ3) is 3.62. The van der Waals surface area contributed by atoms with E-state index in [9.17, 15) is 18.5 Å². The van der Waals surface area contributed by atoms with Crippen molar-refractivity contribution < 1.29 is 8.42 Å². The van der Waals surface area contributed by atoms with E-state index in [1.54, 1.807) is 66.7 Å². The van der Waals surface area contributed by atoms with Gasteiger partial charge in [0.25, 0.3) is 15.6 Å². The summed E-state index contributed by atoms with van der Waals surface area (Å²) in [6.07, 6.45) is 0. The van der Waals surface area contributed by atoms with Crippen molar-refractivity contribution in [3.8, 4) is 6.07 Å². The molecule has 5 rings (SSSR count). The maximum Gasteiger partial charge on any atom is 0.267 e. The topological polar surface area (TPSA) is 83.2 Å². The average molecular weight is 522 g/mol. The van der Waals surface area contributed by atoms with E-state index in [2.05, 4.69) is 0 Å². The zero-order chi connectivity index (χ0) is 24.8. The maximum atomic E-state index is 14.4. The average Bonchev–Trinajstić information content (AvgIpc) is 3.23. The lowest BCUT2D eigenvalue weighted by Crippen LogP contribution is -2.48. The van der Waals surface area contributed by atoms with Crippen LogP contribution in [0.25, 0.3) is 0 Å². The Morgan fingerprint density at radius 1 is 0.800 bits per heavy atom. The van der Waals surface area contributed by atoms with E-state index in [1.165, 1.54) is 33.1 Å². The van der Waals surface area contributed by atoms with Crippen molar-refractivity contribution in [3.05, 3.63) is 128 Å². The molecule has 6 nitrogen and oxygen atoms in total. The third-order valence-electron chi connectivity index (χ3n) is 6.14. The van der Waals surface area contributed by atoms with Gasteiger partial charge in [-0.25, -0.2) is 12.7 Å². The van der Waals surface area contributed by atoms with Gasteiger partial charge in [0.15, 0.2) is 0 Å². The number of nitriles is 1. The summed E-state index contributed by atoms with van der Waals surface area (Å²) in [6, 6.07) is 26.1. The molecule has 0 amide bonds. The summed E-state index contributed by atoms with van der Waals surface area (Å²) in [5, 5.41) is 10.6. The van der Waals surface area contributed by atoms with Crippen molar-refractivity contribution in [1.82, 2.24) is 4.57 Å². The Labute approximate surface area is 212 Å². The zero-order valence-electron chi connectivity index (χ0n) is 18.1. The van der Waals surface area contributed by atoms with Crippen LogP contribution in [-0.4, -0.2) is 13.0 Å². The maximum absolute atomic E-state index is 14.4. The van der Waals surface area contributed by atoms with E-state index in [-0.39, 0.29) is 28.4 Å². The largest absolute Gasteiger partial charge is 0.291 e. The van der Waals surface area contributed by atoms with Gasteiger partial charge in [0.1, 0.15) is 22.3 Å². The van der Waals surface area contributed by atoms with Gasteiger partial charge in [-0.2, -0.15) is 5.26 Å². The molecule has 3 aromatic carbocycles. The van der Waals surface area contributed by atoms with Gasteiger partial charge in [0, 0.05) is 16.1 Å². The van der Waals surface area contributed by atoms with Crippen molar-refractivity contribution >= 4 is 39.0 Å². The summed E-state index contributed by atoms with van der Waals surface area (Å²) in [7, 11) is -4.35. The highest BCUT2D eigenvalue weighted by Gasteiger charge is 2.53. The van der Waals surface area contributed by atoms with Gasteiger partial charge in [0.2, 0.25) is 0 Å². The van der Waals surface area contributed by atoms with Crippen molar-refractivity contribution in [3.63, 3.8) is 0 Å². The van der Waals surface area contributed by atoms with E-state index in [4.69, 9.17) is 23.2 Å². The molecular weight excluding hydrogens is 505 g/mol. The molecule has 174 valence electrons. The van der Waals surface area contributed by atoms with Crippen LogP contribution in [0, 0.1) is 11.3 Å². The first-order chi connectivity index (χ1) is 16.8. The van der Waals surface area contributed by atoms with Gasteiger partial charge in [0.05, 0.1) is 12.1 Å². The molecule has 1 aliphatic heterocycles. The first-order valence-corrected chi connectivity index (χ1v) is 12.8. The van der Waals surface area contributed by atoms with Crippen LogP contribution in [0.1, 0.15) is 16.7 Å². The Morgan fingerprint density at radius 3 is 1.94 bits per heavy atom. The lowest BCUT2D eigenvalue weighted by Gasteiger charge is -2.39. The fraction of sp³-hybridized carbons (Fsp3) is 0.0769. The van der Waals surface area contributed by atoms with Crippen molar-refractivity contribution in [2.24, 2.45) is 0 Å². The van der Waals surface area contributed by atoms with Gasteiger partial charge < -0.3 is 0 Å². The summed E-state index contributed by atoms with van der Waals surface area (Å²) in [4.78, 5) is 12.8. The molecule has 0 bridgehead atoms. The van der Waals surface area contributed by atoms with Crippen molar-refractivity contribution in [2.45, 2.75) is 17.0 Å². The number of sulfonamides is 1. The van der Waals surface area contributed by atoms with Gasteiger partial charge in [-0.05, 0) is 53.6 Å². The van der Waals surface area contributed by atoms with E-state index < -0.39 is 15.6 Å². The molecule has 0 unspecified atom stereocenters. The first-order valence-electron chi connectivity index (χ1n) is 10.6. The monoisotopic (exact) mass is 521 g/mol. The lowest BCUT2D eigenvalue weighted by molar-refractivity contribution is 0.492. The summed E-state index contributed by atoms with van der Waals surface area (Å²) < 4.78 is 31.4. The van der Waals surface area contributed by atoms with Crippen LogP contribution in [0.3, 0.4) is 0 Å².